The molecule has 1 amide bonds. The van der Waals surface area contributed by atoms with Gasteiger partial charge in [0.1, 0.15) is 5.65 Å². The van der Waals surface area contributed by atoms with Gasteiger partial charge in [0.25, 0.3) is 5.91 Å². The summed E-state index contributed by atoms with van der Waals surface area (Å²) >= 11 is 0. The Balaban J connectivity index is 1.50. The van der Waals surface area contributed by atoms with E-state index >= 15 is 0 Å². The minimum atomic E-state index is -0.0337. The van der Waals surface area contributed by atoms with Crippen molar-refractivity contribution in [1.82, 2.24) is 14.7 Å². The first-order chi connectivity index (χ1) is 13.1. The minimum absolute atomic E-state index is 0.0337. The van der Waals surface area contributed by atoms with Crippen molar-refractivity contribution in [2.45, 2.75) is 70.9 Å². The van der Waals surface area contributed by atoms with Gasteiger partial charge in [0.05, 0.1) is 11.7 Å². The molecule has 5 heteroatoms. The third kappa shape index (κ3) is 4.90. The fourth-order valence-corrected chi connectivity index (χ4v) is 3.79. The Hall–Kier alpha value is -2.32. The number of fused-ring (bicyclic) bond motifs is 1. The number of carbonyl (C=O) groups excluding carboxylic acids is 1. The minimum Gasteiger partial charge on any atom is -0.378 e. The molecule has 2 aromatic rings. The van der Waals surface area contributed by atoms with Crippen molar-refractivity contribution in [2.24, 2.45) is 0 Å². The molecule has 2 heterocycles. The van der Waals surface area contributed by atoms with Crippen LogP contribution in [0.2, 0.25) is 0 Å². The van der Waals surface area contributed by atoms with Crippen LogP contribution in [0, 0.1) is 26.2 Å². The molecule has 0 bridgehead atoms. The van der Waals surface area contributed by atoms with Crippen LogP contribution in [-0.4, -0.2) is 34.0 Å². The summed E-state index contributed by atoms with van der Waals surface area (Å²) in [5.41, 5.74) is 3.38. The summed E-state index contributed by atoms with van der Waals surface area (Å²) in [6, 6.07) is 4.08. The lowest BCUT2D eigenvalue weighted by Crippen LogP contribution is -2.39. The Bertz CT molecular complexity index is 826. The maximum Gasteiger partial charge on any atom is 0.255 e. The molecule has 0 radical (unpaired) electrons. The summed E-state index contributed by atoms with van der Waals surface area (Å²) in [5, 5.41) is 3.19. The molecule has 27 heavy (non-hydrogen) atoms. The van der Waals surface area contributed by atoms with Gasteiger partial charge >= 0.3 is 0 Å². The molecule has 0 saturated heterocycles. The second-order valence-corrected chi connectivity index (χ2v) is 7.44. The van der Waals surface area contributed by atoms with Crippen LogP contribution in [0.5, 0.6) is 0 Å². The highest BCUT2D eigenvalue weighted by Crippen LogP contribution is 2.22. The van der Waals surface area contributed by atoms with Crippen LogP contribution in [0.4, 0.5) is 0 Å². The molecule has 1 saturated carbocycles. The second-order valence-electron chi connectivity index (χ2n) is 7.44. The highest BCUT2D eigenvalue weighted by atomic mass is 16.5. The maximum atomic E-state index is 12.8. The number of amides is 1. The Kier molecular flexibility index (Phi) is 6.52. The molecule has 5 nitrogen and oxygen atoms in total. The van der Waals surface area contributed by atoms with Crippen molar-refractivity contribution in [3.8, 4) is 12.3 Å². The van der Waals surface area contributed by atoms with E-state index in [-0.39, 0.29) is 11.9 Å². The highest BCUT2D eigenvalue weighted by molar-refractivity contribution is 6.00. The SMILES string of the molecule is C#CCCCCO[C@H]1CC[C@H](NC(=O)c2ccn3c(C)cc(C)nc23)CC1. The standard InChI is InChI=1S/C22H29N3O2/c1-4-5-6-7-14-27-19-10-8-18(9-11-19)24-22(26)20-12-13-25-17(3)15-16(2)23-21(20)25/h1,12-13,15,18-19H,5-11,14H2,2-3H3,(H,24,26)/t18-,19-. The van der Waals surface area contributed by atoms with Crippen LogP contribution in [-0.2, 0) is 4.74 Å². The summed E-state index contributed by atoms with van der Waals surface area (Å²) in [7, 11) is 0. The van der Waals surface area contributed by atoms with E-state index in [0.717, 1.165) is 68.6 Å². The van der Waals surface area contributed by atoms with E-state index in [0.29, 0.717) is 11.7 Å². The summed E-state index contributed by atoms with van der Waals surface area (Å²) in [6.07, 6.45) is 14.3. The summed E-state index contributed by atoms with van der Waals surface area (Å²) in [5.74, 6) is 2.62. The number of unbranched alkanes of at least 4 members (excludes halogenated alkanes) is 2. The van der Waals surface area contributed by atoms with E-state index in [2.05, 4.69) is 16.2 Å². The van der Waals surface area contributed by atoms with Crippen molar-refractivity contribution < 1.29 is 9.53 Å². The summed E-state index contributed by atoms with van der Waals surface area (Å²) in [6.45, 7) is 4.76. The highest BCUT2D eigenvalue weighted by Gasteiger charge is 2.24. The fourth-order valence-electron chi connectivity index (χ4n) is 3.79. The number of hydrogen-bond donors (Lipinski definition) is 1. The van der Waals surface area contributed by atoms with Crippen LogP contribution in [0.3, 0.4) is 0 Å². The van der Waals surface area contributed by atoms with E-state index in [1.165, 1.54) is 0 Å². The van der Waals surface area contributed by atoms with Gasteiger partial charge in [-0.15, -0.1) is 12.3 Å². The first-order valence-electron chi connectivity index (χ1n) is 9.89. The molecule has 1 aliphatic rings. The number of hydrogen-bond acceptors (Lipinski definition) is 3. The van der Waals surface area contributed by atoms with Crippen molar-refractivity contribution in [3.63, 3.8) is 0 Å². The topological polar surface area (TPSA) is 55.6 Å². The molecule has 0 aromatic carbocycles. The Labute approximate surface area is 161 Å². The normalized spacial score (nSPS) is 19.7. The Morgan fingerprint density at radius 1 is 1.33 bits per heavy atom. The van der Waals surface area contributed by atoms with E-state index in [9.17, 15) is 4.79 Å². The zero-order chi connectivity index (χ0) is 19.2. The van der Waals surface area contributed by atoms with Crippen molar-refractivity contribution in [1.29, 1.82) is 0 Å². The smallest absolute Gasteiger partial charge is 0.255 e. The second kappa shape index (κ2) is 9.05. The lowest BCUT2D eigenvalue weighted by molar-refractivity contribution is 0.0206. The zero-order valence-electron chi connectivity index (χ0n) is 16.3. The van der Waals surface area contributed by atoms with Gasteiger partial charge in [-0.1, -0.05) is 0 Å². The Morgan fingerprint density at radius 2 is 2.11 bits per heavy atom. The molecular formula is C22H29N3O2. The maximum absolute atomic E-state index is 12.8. The number of ether oxygens (including phenoxy) is 1. The van der Waals surface area contributed by atoms with Gasteiger partial charge in [0.15, 0.2) is 0 Å². The van der Waals surface area contributed by atoms with Crippen LogP contribution >= 0.6 is 0 Å². The van der Waals surface area contributed by atoms with Crippen LogP contribution in [0.25, 0.3) is 5.65 Å². The van der Waals surface area contributed by atoms with Crippen molar-refractivity contribution in [3.05, 3.63) is 35.3 Å². The van der Waals surface area contributed by atoms with Crippen molar-refractivity contribution >= 4 is 11.6 Å². The molecule has 1 N–H and O–H groups in total. The molecule has 3 rings (SSSR count). The van der Waals surface area contributed by atoms with Crippen LogP contribution < -0.4 is 5.32 Å². The molecule has 0 spiro atoms. The molecule has 0 aliphatic heterocycles. The molecule has 144 valence electrons. The van der Waals surface area contributed by atoms with Gasteiger partial charge in [-0.05, 0) is 64.5 Å². The van der Waals surface area contributed by atoms with Gasteiger partial charge < -0.3 is 14.5 Å². The summed E-state index contributed by atoms with van der Waals surface area (Å²) < 4.78 is 7.91. The molecule has 1 aliphatic carbocycles. The van der Waals surface area contributed by atoms with Crippen LogP contribution in [0.1, 0.15) is 66.7 Å². The number of terminal acetylenes is 1. The van der Waals surface area contributed by atoms with E-state index in [4.69, 9.17) is 11.2 Å². The van der Waals surface area contributed by atoms with Crippen LogP contribution in [0.15, 0.2) is 18.3 Å². The quantitative estimate of drug-likeness (QED) is 0.598. The Morgan fingerprint density at radius 3 is 2.85 bits per heavy atom. The van der Waals surface area contributed by atoms with Gasteiger partial charge in [0, 0.05) is 36.7 Å². The van der Waals surface area contributed by atoms with Gasteiger partial charge in [-0.3, -0.25) is 4.79 Å². The average molecular weight is 367 g/mol. The largest absolute Gasteiger partial charge is 0.378 e. The molecule has 0 atom stereocenters. The monoisotopic (exact) mass is 367 g/mol. The number of aromatic nitrogens is 2. The average Bonchev–Trinajstić information content (AvgIpc) is 3.07. The van der Waals surface area contributed by atoms with Gasteiger partial charge in [0.2, 0.25) is 0 Å². The number of rotatable bonds is 7. The molecular weight excluding hydrogens is 338 g/mol. The number of carbonyl (C=O) groups is 1. The van der Waals surface area contributed by atoms with Gasteiger partial charge in [-0.25, -0.2) is 4.98 Å². The number of nitrogens with one attached hydrogen (secondary N) is 1. The molecule has 1 fully saturated rings. The van der Waals surface area contributed by atoms with E-state index in [1.54, 1.807) is 0 Å². The zero-order valence-corrected chi connectivity index (χ0v) is 16.3. The fraction of sp³-hybridized carbons (Fsp3) is 0.545. The number of aryl methyl sites for hydroxylation is 2. The first kappa shape index (κ1) is 19.4. The summed E-state index contributed by atoms with van der Waals surface area (Å²) in [4.78, 5) is 17.3. The lowest BCUT2D eigenvalue weighted by atomic mass is 9.92. The van der Waals surface area contributed by atoms with E-state index < -0.39 is 0 Å². The lowest BCUT2D eigenvalue weighted by Gasteiger charge is -2.29. The molecule has 0 unspecified atom stereocenters. The number of nitrogens with zero attached hydrogens (tertiary/aromatic N) is 2. The third-order valence-electron chi connectivity index (χ3n) is 5.26. The molecule has 2 aromatic heterocycles. The van der Waals surface area contributed by atoms with E-state index in [1.807, 2.05) is 36.6 Å². The van der Waals surface area contributed by atoms with Gasteiger partial charge in [-0.2, -0.15) is 0 Å². The predicted octanol–water partition coefficient (Wildman–Crippen LogP) is 3.81. The first-order valence-corrected chi connectivity index (χ1v) is 9.89. The van der Waals surface area contributed by atoms with Crippen molar-refractivity contribution in [2.75, 3.05) is 6.61 Å². The third-order valence-corrected chi connectivity index (χ3v) is 5.26. The predicted molar refractivity (Wildman–Crippen MR) is 107 cm³/mol.